The Morgan fingerprint density at radius 3 is 2.70 bits per heavy atom. The number of carboxylic acids is 1. The molecule has 58 valence electrons. The molecule has 0 amide bonds. The number of rotatable bonds is 2. The third kappa shape index (κ3) is 1.47. The lowest BCUT2D eigenvalue weighted by molar-refractivity contribution is -0.141. The second-order valence-electron chi connectivity index (χ2n) is 2.65. The molecule has 0 aromatic carbocycles. The summed E-state index contributed by atoms with van der Waals surface area (Å²) in [4.78, 5) is 10.5. The summed E-state index contributed by atoms with van der Waals surface area (Å²) >= 11 is 0. The molecule has 1 fully saturated rings. The highest BCUT2D eigenvalue weighted by atomic mass is 31.0. The van der Waals surface area contributed by atoms with Crippen molar-refractivity contribution in [2.45, 2.75) is 25.3 Å². The summed E-state index contributed by atoms with van der Waals surface area (Å²) in [7, 11) is 2.38. The van der Waals surface area contributed by atoms with Crippen LogP contribution in [0.25, 0.3) is 0 Å². The zero-order chi connectivity index (χ0) is 7.56. The fourth-order valence-electron chi connectivity index (χ4n) is 1.46. The molecule has 4 heteroatoms. The Kier molecular flexibility index (Phi) is 2.64. The van der Waals surface area contributed by atoms with Crippen molar-refractivity contribution >= 4 is 15.4 Å². The van der Waals surface area contributed by atoms with Crippen LogP contribution in [0.1, 0.15) is 19.3 Å². The molecule has 3 nitrogen and oxygen atoms in total. The molecule has 1 rings (SSSR count). The molecule has 1 aliphatic rings. The molecule has 1 saturated carbocycles. The van der Waals surface area contributed by atoms with Crippen molar-refractivity contribution in [3.63, 3.8) is 0 Å². The predicted octanol–water partition coefficient (Wildman–Crippen LogP) is 0.619. The van der Waals surface area contributed by atoms with Crippen LogP contribution in [-0.4, -0.2) is 17.1 Å². The second kappa shape index (κ2) is 3.31. The number of hydrogen-bond donors (Lipinski definition) is 2. The highest BCUT2D eigenvalue weighted by molar-refractivity contribution is 7.13. The maximum atomic E-state index is 10.5. The molecule has 0 bridgehead atoms. The fraction of sp³-hybridized carbons (Fsp3) is 0.833. The largest absolute Gasteiger partial charge is 0.481 e. The monoisotopic (exact) mass is 161 g/mol. The first-order chi connectivity index (χ1) is 4.75. The Balaban J connectivity index is 2.50. The summed E-state index contributed by atoms with van der Waals surface area (Å²) in [5.74, 6) is -0.838. The van der Waals surface area contributed by atoms with Crippen molar-refractivity contribution in [2.75, 3.05) is 0 Å². The minimum atomic E-state index is -0.669. The van der Waals surface area contributed by atoms with Crippen LogP contribution in [0, 0.1) is 5.92 Å². The predicted molar refractivity (Wildman–Crippen MR) is 41.6 cm³/mol. The highest BCUT2D eigenvalue weighted by Crippen LogP contribution is 2.26. The minimum absolute atomic E-state index is 0.169. The van der Waals surface area contributed by atoms with Gasteiger partial charge >= 0.3 is 5.97 Å². The summed E-state index contributed by atoms with van der Waals surface area (Å²) in [5.41, 5.74) is 0. The first-order valence-electron chi connectivity index (χ1n) is 3.44. The van der Waals surface area contributed by atoms with E-state index < -0.39 is 5.97 Å². The summed E-state index contributed by atoms with van der Waals surface area (Å²) < 4.78 is 0. The van der Waals surface area contributed by atoms with E-state index in [0.29, 0.717) is 0 Å². The van der Waals surface area contributed by atoms with Crippen LogP contribution in [0.15, 0.2) is 0 Å². The molecule has 0 aromatic rings. The Bertz CT molecular complexity index is 140. The van der Waals surface area contributed by atoms with E-state index >= 15 is 0 Å². The van der Waals surface area contributed by atoms with E-state index in [1.807, 2.05) is 0 Å². The molecular formula is C6H12NO2P. The van der Waals surface area contributed by atoms with E-state index in [4.69, 9.17) is 5.11 Å². The first kappa shape index (κ1) is 7.96. The first-order valence-corrected chi connectivity index (χ1v) is 4.02. The van der Waals surface area contributed by atoms with Crippen molar-refractivity contribution in [2.24, 2.45) is 5.92 Å². The lowest BCUT2D eigenvalue weighted by Gasteiger charge is -2.13. The average Bonchev–Trinajstić information content (AvgIpc) is 2.33. The van der Waals surface area contributed by atoms with Crippen molar-refractivity contribution in [1.82, 2.24) is 5.09 Å². The molecule has 2 N–H and O–H groups in total. The number of carbonyl (C=O) groups is 1. The number of hydrogen-bond acceptors (Lipinski definition) is 2. The zero-order valence-corrected chi connectivity index (χ0v) is 6.86. The van der Waals surface area contributed by atoms with Gasteiger partial charge in [-0.05, 0) is 12.8 Å². The molecule has 3 unspecified atom stereocenters. The van der Waals surface area contributed by atoms with Crippen molar-refractivity contribution < 1.29 is 9.90 Å². The zero-order valence-electron chi connectivity index (χ0n) is 5.71. The number of nitrogens with one attached hydrogen (secondary N) is 1. The van der Waals surface area contributed by atoms with Gasteiger partial charge in [0, 0.05) is 6.04 Å². The van der Waals surface area contributed by atoms with Crippen LogP contribution in [0.3, 0.4) is 0 Å². The van der Waals surface area contributed by atoms with Gasteiger partial charge in [0.2, 0.25) is 0 Å². The minimum Gasteiger partial charge on any atom is -0.481 e. The maximum Gasteiger partial charge on any atom is 0.308 e. The summed E-state index contributed by atoms with van der Waals surface area (Å²) in [5, 5.41) is 11.6. The van der Waals surface area contributed by atoms with Gasteiger partial charge in [-0.1, -0.05) is 15.8 Å². The topological polar surface area (TPSA) is 49.3 Å². The van der Waals surface area contributed by atoms with E-state index in [1.165, 1.54) is 0 Å². The second-order valence-corrected chi connectivity index (χ2v) is 2.98. The van der Waals surface area contributed by atoms with Gasteiger partial charge in [-0.2, -0.15) is 0 Å². The standard InChI is InChI=1S/C6H12NO2P/c8-6(9)4-2-1-3-5(4)7-10/h4-5,7H,1-3,10H2,(H,8,9). The molecule has 0 aliphatic heterocycles. The third-order valence-electron chi connectivity index (χ3n) is 2.05. The van der Waals surface area contributed by atoms with Gasteiger partial charge in [-0.3, -0.25) is 9.88 Å². The third-order valence-corrected chi connectivity index (χ3v) is 2.48. The van der Waals surface area contributed by atoms with Crippen LogP contribution >= 0.6 is 9.39 Å². The molecule has 3 atom stereocenters. The van der Waals surface area contributed by atoms with Gasteiger partial charge in [0.25, 0.3) is 0 Å². The van der Waals surface area contributed by atoms with Gasteiger partial charge in [-0.15, -0.1) is 0 Å². The van der Waals surface area contributed by atoms with Gasteiger partial charge in [-0.25, -0.2) is 0 Å². The molecule has 1 aliphatic carbocycles. The average molecular weight is 161 g/mol. The van der Waals surface area contributed by atoms with Crippen LogP contribution in [-0.2, 0) is 4.79 Å². The van der Waals surface area contributed by atoms with Crippen LogP contribution in [0.4, 0.5) is 0 Å². The van der Waals surface area contributed by atoms with Gasteiger partial charge in [0.05, 0.1) is 5.92 Å². The highest BCUT2D eigenvalue weighted by Gasteiger charge is 2.31. The Labute approximate surface area is 62.4 Å². The van der Waals surface area contributed by atoms with Crippen molar-refractivity contribution in [3.8, 4) is 0 Å². The molecule has 0 radical (unpaired) electrons. The summed E-state index contributed by atoms with van der Waals surface area (Å²) in [6, 6.07) is 0.169. The summed E-state index contributed by atoms with van der Waals surface area (Å²) in [6.07, 6.45) is 2.84. The lowest BCUT2D eigenvalue weighted by atomic mass is 10.1. The molecule has 0 saturated heterocycles. The number of aliphatic carboxylic acids is 1. The Hall–Kier alpha value is -0.140. The van der Waals surface area contributed by atoms with E-state index in [-0.39, 0.29) is 12.0 Å². The quantitative estimate of drug-likeness (QED) is 0.583. The number of carboxylic acid groups (broad SMARTS) is 1. The molecule has 10 heavy (non-hydrogen) atoms. The fourth-order valence-corrected chi connectivity index (χ4v) is 1.85. The van der Waals surface area contributed by atoms with Crippen molar-refractivity contribution in [1.29, 1.82) is 0 Å². The van der Waals surface area contributed by atoms with Crippen molar-refractivity contribution in [3.05, 3.63) is 0 Å². The van der Waals surface area contributed by atoms with Gasteiger partial charge in [0.15, 0.2) is 0 Å². The van der Waals surface area contributed by atoms with E-state index in [0.717, 1.165) is 19.3 Å². The molecule has 0 aromatic heterocycles. The van der Waals surface area contributed by atoms with Crippen LogP contribution < -0.4 is 5.09 Å². The van der Waals surface area contributed by atoms with E-state index in [1.54, 1.807) is 0 Å². The molecule has 0 heterocycles. The van der Waals surface area contributed by atoms with E-state index in [9.17, 15) is 4.79 Å². The van der Waals surface area contributed by atoms with E-state index in [2.05, 4.69) is 14.5 Å². The summed E-state index contributed by atoms with van der Waals surface area (Å²) in [6.45, 7) is 0. The van der Waals surface area contributed by atoms with Crippen LogP contribution in [0.5, 0.6) is 0 Å². The molecular weight excluding hydrogens is 149 g/mol. The maximum absolute atomic E-state index is 10.5. The Morgan fingerprint density at radius 2 is 2.30 bits per heavy atom. The van der Waals surface area contributed by atoms with Gasteiger partial charge < -0.3 is 5.11 Å². The lowest BCUT2D eigenvalue weighted by Crippen LogP contribution is -2.30. The van der Waals surface area contributed by atoms with Gasteiger partial charge in [0.1, 0.15) is 0 Å². The SMILES string of the molecule is O=C(O)C1CCCC1NP. The Morgan fingerprint density at radius 1 is 1.60 bits per heavy atom. The molecule has 0 spiro atoms. The smallest absolute Gasteiger partial charge is 0.308 e. The van der Waals surface area contributed by atoms with Crippen LogP contribution in [0.2, 0.25) is 0 Å². The normalized spacial score (nSPS) is 32.5.